The number of hydrogen-bond acceptors (Lipinski definition) is 4. The lowest BCUT2D eigenvalue weighted by atomic mass is 9.33. The highest BCUT2D eigenvalue weighted by Crippen LogP contribution is 2.48. The lowest BCUT2D eigenvalue weighted by molar-refractivity contribution is 0.669. The van der Waals surface area contributed by atoms with Crippen LogP contribution in [0, 0.1) is 0 Å². The lowest BCUT2D eigenvalue weighted by Crippen LogP contribution is -2.61. The summed E-state index contributed by atoms with van der Waals surface area (Å²) in [7, 11) is 0. The quantitative estimate of drug-likeness (QED) is 0.185. The third kappa shape index (κ3) is 3.27. The van der Waals surface area contributed by atoms with Gasteiger partial charge in [0.2, 0.25) is 0 Å². The molecule has 0 radical (unpaired) electrons. The number of para-hydroxylation sites is 4. The van der Waals surface area contributed by atoms with E-state index in [9.17, 15) is 0 Å². The molecule has 4 nitrogen and oxygen atoms in total. The summed E-state index contributed by atoms with van der Waals surface area (Å²) in [6, 6.07) is 53.9. The molecule has 0 spiro atoms. The molecule has 9 aromatic rings. The first-order valence-corrected chi connectivity index (χ1v) is 16.1. The Bertz CT molecular complexity index is 2530. The monoisotopic (exact) mass is 600 g/mol. The van der Waals surface area contributed by atoms with Crippen LogP contribution >= 0.6 is 0 Å². The highest BCUT2D eigenvalue weighted by Gasteiger charge is 2.45. The number of hydrogen-bond donors (Lipinski definition) is 0. The largest absolute Gasteiger partial charge is 0.454 e. The zero-order valence-electron chi connectivity index (χ0n) is 25.2. The molecule has 4 heterocycles. The topological polar surface area (TPSA) is 32.8 Å². The molecular formula is C42H25BN2O2. The molecule has 0 unspecified atom stereocenters. The Morgan fingerprint density at radius 3 is 1.32 bits per heavy atom. The van der Waals surface area contributed by atoms with Gasteiger partial charge < -0.3 is 18.6 Å². The highest BCUT2D eigenvalue weighted by atomic mass is 16.3. The number of anilines is 6. The van der Waals surface area contributed by atoms with Crippen molar-refractivity contribution in [2.75, 3.05) is 9.80 Å². The summed E-state index contributed by atoms with van der Waals surface area (Å²) in [4.78, 5) is 4.81. The van der Waals surface area contributed by atoms with Gasteiger partial charge in [-0.3, -0.25) is 0 Å². The van der Waals surface area contributed by atoms with Gasteiger partial charge in [-0.2, -0.15) is 0 Å². The van der Waals surface area contributed by atoms with Crippen LogP contribution < -0.4 is 26.2 Å². The Balaban J connectivity index is 1.31. The number of fused-ring (bicyclic) bond motifs is 12. The Morgan fingerprint density at radius 1 is 0.383 bits per heavy atom. The van der Waals surface area contributed by atoms with Crippen molar-refractivity contribution < 1.29 is 8.83 Å². The molecule has 0 amide bonds. The van der Waals surface area contributed by atoms with Gasteiger partial charge in [0.15, 0.2) is 11.2 Å². The highest BCUT2D eigenvalue weighted by molar-refractivity contribution is 7.00. The van der Waals surface area contributed by atoms with Gasteiger partial charge in [-0.15, -0.1) is 0 Å². The molecular weight excluding hydrogens is 575 g/mol. The molecule has 0 atom stereocenters. The smallest absolute Gasteiger partial charge is 0.252 e. The van der Waals surface area contributed by atoms with Crippen LogP contribution in [-0.4, -0.2) is 6.71 Å². The van der Waals surface area contributed by atoms with E-state index in [2.05, 4.69) is 149 Å². The summed E-state index contributed by atoms with van der Waals surface area (Å²) in [6.45, 7) is -0.0404. The van der Waals surface area contributed by atoms with Crippen molar-refractivity contribution in [3.05, 3.63) is 152 Å². The second-order valence-electron chi connectivity index (χ2n) is 12.4. The van der Waals surface area contributed by atoms with E-state index in [4.69, 9.17) is 8.83 Å². The lowest BCUT2D eigenvalue weighted by Gasteiger charge is -2.43. The molecule has 5 heteroatoms. The van der Waals surface area contributed by atoms with Crippen molar-refractivity contribution in [1.29, 1.82) is 0 Å². The van der Waals surface area contributed by atoms with Crippen LogP contribution in [0.15, 0.2) is 160 Å². The average molecular weight is 600 g/mol. The number of benzene rings is 7. The molecule has 2 aliphatic rings. The number of nitrogens with zero attached hydrogens (tertiary/aromatic N) is 2. The van der Waals surface area contributed by atoms with E-state index < -0.39 is 0 Å². The van der Waals surface area contributed by atoms with Gasteiger partial charge in [0.1, 0.15) is 11.2 Å². The van der Waals surface area contributed by atoms with Crippen molar-refractivity contribution in [2.45, 2.75) is 0 Å². The first kappa shape index (κ1) is 25.0. The molecule has 47 heavy (non-hydrogen) atoms. The molecule has 7 aromatic carbocycles. The molecule has 0 saturated carbocycles. The fraction of sp³-hybridized carbons (Fsp3) is 0. The van der Waals surface area contributed by atoms with Gasteiger partial charge in [-0.05, 0) is 64.9 Å². The van der Waals surface area contributed by atoms with Gasteiger partial charge in [0.25, 0.3) is 6.71 Å². The fourth-order valence-corrected chi connectivity index (χ4v) is 8.14. The van der Waals surface area contributed by atoms with Crippen LogP contribution in [-0.2, 0) is 0 Å². The normalized spacial score (nSPS) is 13.4. The Hall–Kier alpha value is -6.20. The summed E-state index contributed by atoms with van der Waals surface area (Å²) >= 11 is 0. The first-order valence-electron chi connectivity index (χ1n) is 16.1. The summed E-state index contributed by atoms with van der Waals surface area (Å²) in [6.07, 6.45) is 0. The maximum absolute atomic E-state index is 6.78. The first-order chi connectivity index (χ1) is 23.3. The van der Waals surface area contributed by atoms with Gasteiger partial charge in [-0.25, -0.2) is 0 Å². The molecule has 0 bridgehead atoms. The average Bonchev–Trinajstić information content (AvgIpc) is 3.71. The molecule has 11 rings (SSSR count). The van der Waals surface area contributed by atoms with E-state index in [1.165, 1.54) is 16.4 Å². The third-order valence-electron chi connectivity index (χ3n) is 10.0. The van der Waals surface area contributed by atoms with Crippen molar-refractivity contribution in [2.24, 2.45) is 0 Å². The van der Waals surface area contributed by atoms with Crippen LogP contribution in [0.1, 0.15) is 0 Å². The predicted octanol–water partition coefficient (Wildman–Crippen LogP) is 9.57. The van der Waals surface area contributed by atoms with Crippen molar-refractivity contribution in [3.63, 3.8) is 0 Å². The Morgan fingerprint density at radius 2 is 0.830 bits per heavy atom. The van der Waals surface area contributed by atoms with E-state index in [1.807, 2.05) is 12.1 Å². The van der Waals surface area contributed by atoms with Crippen LogP contribution in [0.2, 0.25) is 0 Å². The van der Waals surface area contributed by atoms with Crippen molar-refractivity contribution >= 4 is 101 Å². The molecule has 0 aliphatic carbocycles. The van der Waals surface area contributed by atoms with Gasteiger partial charge in [0, 0.05) is 44.3 Å². The molecule has 0 saturated heterocycles. The minimum absolute atomic E-state index is 0.0404. The van der Waals surface area contributed by atoms with Crippen LogP contribution in [0.25, 0.3) is 43.9 Å². The van der Waals surface area contributed by atoms with E-state index >= 15 is 0 Å². The minimum Gasteiger partial charge on any atom is -0.454 e. The molecule has 2 aliphatic heterocycles. The molecule has 218 valence electrons. The summed E-state index contributed by atoms with van der Waals surface area (Å²) in [5.41, 5.74) is 14.0. The zero-order chi connectivity index (χ0) is 30.6. The predicted molar refractivity (Wildman–Crippen MR) is 195 cm³/mol. The second-order valence-corrected chi connectivity index (χ2v) is 12.4. The summed E-state index contributed by atoms with van der Waals surface area (Å²) in [5.74, 6) is 0. The Kier molecular flexibility index (Phi) is 4.89. The number of rotatable bonds is 2. The fourth-order valence-electron chi connectivity index (χ4n) is 8.14. The summed E-state index contributed by atoms with van der Waals surface area (Å²) < 4.78 is 13.6. The van der Waals surface area contributed by atoms with E-state index in [0.717, 1.165) is 78.0 Å². The Labute approximate surface area is 270 Å². The maximum Gasteiger partial charge on any atom is 0.252 e. The van der Waals surface area contributed by atoms with Gasteiger partial charge >= 0.3 is 0 Å². The van der Waals surface area contributed by atoms with Crippen molar-refractivity contribution in [1.82, 2.24) is 0 Å². The van der Waals surface area contributed by atoms with E-state index in [1.54, 1.807) is 0 Å². The van der Waals surface area contributed by atoms with Gasteiger partial charge in [0.05, 0.1) is 11.4 Å². The molecule has 0 N–H and O–H groups in total. The second kappa shape index (κ2) is 9.18. The van der Waals surface area contributed by atoms with Gasteiger partial charge in [-0.1, -0.05) is 103 Å². The maximum atomic E-state index is 6.78. The SMILES string of the molecule is c1ccc(N2c3cccc4c3B(c3ccc5c(oc6ccccc65)c32)c2ccc3c(oc5ccccc53)c2N4c2ccccc2)cc1. The molecule has 0 fully saturated rings. The third-order valence-corrected chi connectivity index (χ3v) is 10.0. The van der Waals surface area contributed by atoms with E-state index in [-0.39, 0.29) is 6.71 Å². The van der Waals surface area contributed by atoms with E-state index in [0.29, 0.717) is 0 Å². The molecule has 2 aromatic heterocycles. The summed E-state index contributed by atoms with van der Waals surface area (Å²) in [5, 5.41) is 4.49. The standard InChI is InChI=1S/C42H25BN2O2/c1-3-12-26(13-4-1)44-34-18-11-19-35-38(34)43(32-24-22-30-28-16-7-9-20-36(28)46-41(30)39(32)44)33-25-23-31-29-17-8-10-21-37(29)47-42(31)40(33)45(35)27-14-5-2-6-15-27/h1-25H. The van der Waals surface area contributed by atoms with Crippen LogP contribution in [0.3, 0.4) is 0 Å². The van der Waals surface area contributed by atoms with Crippen LogP contribution in [0.5, 0.6) is 0 Å². The number of furan rings is 2. The van der Waals surface area contributed by atoms with Crippen LogP contribution in [0.4, 0.5) is 34.1 Å². The zero-order valence-corrected chi connectivity index (χ0v) is 25.2. The van der Waals surface area contributed by atoms with Crippen molar-refractivity contribution in [3.8, 4) is 0 Å². The minimum atomic E-state index is -0.0404.